The molecule has 3 aromatic rings. The Bertz CT molecular complexity index is 1090. The molecule has 2 heterocycles. The van der Waals surface area contributed by atoms with Gasteiger partial charge in [0.15, 0.2) is 0 Å². The van der Waals surface area contributed by atoms with Crippen LogP contribution in [0.25, 0.3) is 0 Å². The summed E-state index contributed by atoms with van der Waals surface area (Å²) in [5.41, 5.74) is 1.48. The molecule has 11 heteroatoms. The number of hydroxylamine groups is 1. The zero-order valence-electron chi connectivity index (χ0n) is 14.1. The third-order valence-corrected chi connectivity index (χ3v) is 6.45. The SMILES string of the molecule is Cc1ccc(N(O)C(=O)c2sccc2S(=O)(=O)Nc2onc(C)c2Cl)cc1. The molecule has 8 nitrogen and oxygen atoms in total. The molecule has 0 aliphatic rings. The van der Waals surface area contributed by atoms with Crippen LogP contribution in [0.3, 0.4) is 0 Å². The van der Waals surface area contributed by atoms with Gasteiger partial charge >= 0.3 is 0 Å². The van der Waals surface area contributed by atoms with Gasteiger partial charge in [-0.15, -0.1) is 11.3 Å². The van der Waals surface area contributed by atoms with Gasteiger partial charge in [-0.2, -0.15) is 5.06 Å². The van der Waals surface area contributed by atoms with Gasteiger partial charge in [0.25, 0.3) is 21.8 Å². The number of anilines is 2. The lowest BCUT2D eigenvalue weighted by atomic mass is 10.2. The maximum atomic E-state index is 12.6. The highest BCUT2D eigenvalue weighted by molar-refractivity contribution is 7.93. The van der Waals surface area contributed by atoms with Gasteiger partial charge < -0.3 is 4.52 Å². The number of benzene rings is 1. The van der Waals surface area contributed by atoms with E-state index >= 15 is 0 Å². The average molecular weight is 428 g/mol. The van der Waals surface area contributed by atoms with Gasteiger partial charge in [-0.3, -0.25) is 10.0 Å². The summed E-state index contributed by atoms with van der Waals surface area (Å²) >= 11 is 6.81. The van der Waals surface area contributed by atoms with Crippen LogP contribution in [-0.4, -0.2) is 24.7 Å². The summed E-state index contributed by atoms with van der Waals surface area (Å²) in [5, 5.41) is 15.6. The molecule has 1 amide bonds. The molecule has 0 fully saturated rings. The van der Waals surface area contributed by atoms with E-state index in [1.807, 2.05) is 6.92 Å². The Morgan fingerprint density at radius 2 is 1.93 bits per heavy atom. The molecule has 27 heavy (non-hydrogen) atoms. The number of carbonyl (C=O) groups is 1. The first-order chi connectivity index (χ1) is 12.7. The molecule has 0 aliphatic heterocycles. The second kappa shape index (κ2) is 7.31. The molecule has 2 aromatic heterocycles. The second-order valence-corrected chi connectivity index (χ2v) is 8.53. The van der Waals surface area contributed by atoms with Gasteiger partial charge in [0.1, 0.15) is 20.5 Å². The van der Waals surface area contributed by atoms with Crippen molar-refractivity contribution in [2.75, 3.05) is 9.79 Å². The number of carbonyl (C=O) groups excluding carboxylic acids is 1. The van der Waals surface area contributed by atoms with Crippen molar-refractivity contribution in [1.29, 1.82) is 0 Å². The molecule has 0 atom stereocenters. The van der Waals surface area contributed by atoms with E-state index in [4.69, 9.17) is 16.1 Å². The molecule has 0 saturated carbocycles. The third-order valence-electron chi connectivity index (χ3n) is 3.60. The summed E-state index contributed by atoms with van der Waals surface area (Å²) in [6.45, 7) is 3.41. The van der Waals surface area contributed by atoms with Gasteiger partial charge in [0.2, 0.25) is 0 Å². The molecule has 0 aliphatic carbocycles. The minimum Gasteiger partial charge on any atom is -0.336 e. The number of hydrogen-bond donors (Lipinski definition) is 2. The van der Waals surface area contributed by atoms with E-state index in [9.17, 15) is 18.4 Å². The Morgan fingerprint density at radius 1 is 1.26 bits per heavy atom. The largest absolute Gasteiger partial charge is 0.336 e. The minimum absolute atomic E-state index is 0.0186. The van der Waals surface area contributed by atoms with E-state index in [2.05, 4.69) is 9.88 Å². The zero-order valence-corrected chi connectivity index (χ0v) is 16.5. The molecule has 0 bridgehead atoms. The number of rotatable bonds is 5. The number of halogens is 1. The summed E-state index contributed by atoms with van der Waals surface area (Å²) in [6.07, 6.45) is 0. The molecule has 0 radical (unpaired) electrons. The first kappa shape index (κ1) is 19.4. The van der Waals surface area contributed by atoms with Crippen LogP contribution in [0.5, 0.6) is 0 Å². The number of aryl methyl sites for hydroxylation is 2. The lowest BCUT2D eigenvalue weighted by Gasteiger charge is -2.15. The van der Waals surface area contributed by atoms with E-state index in [-0.39, 0.29) is 26.4 Å². The fourth-order valence-electron chi connectivity index (χ4n) is 2.16. The van der Waals surface area contributed by atoms with Gasteiger partial charge in [-0.1, -0.05) is 34.5 Å². The van der Waals surface area contributed by atoms with Crippen molar-refractivity contribution < 1.29 is 22.9 Å². The number of hydrogen-bond acceptors (Lipinski definition) is 7. The monoisotopic (exact) mass is 427 g/mol. The highest BCUT2D eigenvalue weighted by atomic mass is 35.5. The standard InChI is InChI=1S/C16H14ClN3O5S2/c1-9-3-5-11(6-4-9)20(22)16(21)14-12(7-8-26-14)27(23,24)19-15-13(17)10(2)18-25-15/h3-8,19,22H,1-2H3. The zero-order chi connectivity index (χ0) is 19.8. The highest BCUT2D eigenvalue weighted by Crippen LogP contribution is 2.30. The summed E-state index contributed by atoms with van der Waals surface area (Å²) in [6, 6.07) is 7.77. The minimum atomic E-state index is -4.19. The Hall–Kier alpha value is -2.40. The second-order valence-electron chi connectivity index (χ2n) is 5.58. The normalized spacial score (nSPS) is 11.4. The smallest absolute Gasteiger partial charge is 0.293 e. The van der Waals surface area contributed by atoms with Crippen molar-refractivity contribution in [1.82, 2.24) is 5.16 Å². The van der Waals surface area contributed by atoms with Crippen LogP contribution in [0.4, 0.5) is 11.6 Å². The average Bonchev–Trinajstić information content (AvgIpc) is 3.24. The predicted octanol–water partition coefficient (Wildman–Crippen LogP) is 3.84. The molecule has 2 N–H and O–H groups in total. The maximum Gasteiger partial charge on any atom is 0.293 e. The molecule has 142 valence electrons. The highest BCUT2D eigenvalue weighted by Gasteiger charge is 2.29. The van der Waals surface area contributed by atoms with Crippen LogP contribution < -0.4 is 9.79 Å². The molecule has 0 unspecified atom stereocenters. The van der Waals surface area contributed by atoms with Crippen LogP contribution in [0.1, 0.15) is 20.9 Å². The van der Waals surface area contributed by atoms with Gasteiger partial charge in [0.05, 0.1) is 5.69 Å². The lowest BCUT2D eigenvalue weighted by Crippen LogP contribution is -2.28. The fourth-order valence-corrected chi connectivity index (χ4v) is 4.68. The summed E-state index contributed by atoms with van der Waals surface area (Å²) in [7, 11) is -4.19. The molecule has 1 aromatic carbocycles. The number of nitrogens with one attached hydrogen (secondary N) is 1. The van der Waals surface area contributed by atoms with Crippen LogP contribution >= 0.6 is 22.9 Å². The van der Waals surface area contributed by atoms with Crippen LogP contribution in [0.15, 0.2) is 45.1 Å². The van der Waals surface area contributed by atoms with Crippen molar-refractivity contribution in [2.24, 2.45) is 0 Å². The fraction of sp³-hybridized carbons (Fsp3) is 0.125. The number of sulfonamides is 1. The number of thiophene rings is 1. The molecule has 3 rings (SSSR count). The van der Waals surface area contributed by atoms with Crippen LogP contribution in [0, 0.1) is 13.8 Å². The quantitative estimate of drug-likeness (QED) is 0.472. The van der Waals surface area contributed by atoms with E-state index in [1.165, 1.54) is 11.4 Å². The van der Waals surface area contributed by atoms with Crippen molar-refractivity contribution >= 4 is 50.4 Å². The Labute approximate surface area is 164 Å². The van der Waals surface area contributed by atoms with Gasteiger partial charge in [-0.25, -0.2) is 13.1 Å². The summed E-state index contributed by atoms with van der Waals surface area (Å²) < 4.78 is 32.3. The Kier molecular flexibility index (Phi) is 5.24. The van der Waals surface area contributed by atoms with E-state index in [0.717, 1.165) is 16.9 Å². The molecule has 0 saturated heterocycles. The van der Waals surface area contributed by atoms with E-state index < -0.39 is 15.9 Å². The van der Waals surface area contributed by atoms with Crippen molar-refractivity contribution in [2.45, 2.75) is 18.7 Å². The summed E-state index contributed by atoms with van der Waals surface area (Å²) in [5.74, 6) is -1.13. The molecular weight excluding hydrogens is 414 g/mol. The van der Waals surface area contributed by atoms with Crippen molar-refractivity contribution in [3.05, 3.63) is 56.9 Å². The van der Waals surface area contributed by atoms with Crippen molar-refractivity contribution in [3.8, 4) is 0 Å². The Balaban J connectivity index is 1.91. The van der Waals surface area contributed by atoms with E-state index in [1.54, 1.807) is 31.2 Å². The first-order valence-corrected chi connectivity index (χ1v) is 10.3. The number of aromatic nitrogens is 1. The van der Waals surface area contributed by atoms with Crippen LogP contribution in [-0.2, 0) is 10.0 Å². The number of nitrogens with zero attached hydrogens (tertiary/aromatic N) is 2. The van der Waals surface area contributed by atoms with E-state index in [0.29, 0.717) is 10.8 Å². The van der Waals surface area contributed by atoms with Crippen molar-refractivity contribution in [3.63, 3.8) is 0 Å². The molecule has 0 spiro atoms. The first-order valence-electron chi connectivity index (χ1n) is 7.53. The third kappa shape index (κ3) is 3.83. The molecular formula is C16H14ClN3O5S2. The van der Waals surface area contributed by atoms with Gasteiger partial charge in [0, 0.05) is 0 Å². The topological polar surface area (TPSA) is 113 Å². The van der Waals surface area contributed by atoms with Crippen LogP contribution in [0.2, 0.25) is 5.02 Å². The number of amides is 1. The Morgan fingerprint density at radius 3 is 2.52 bits per heavy atom. The lowest BCUT2D eigenvalue weighted by molar-refractivity contribution is 0.0856. The summed E-state index contributed by atoms with van der Waals surface area (Å²) in [4.78, 5) is 12.1. The predicted molar refractivity (Wildman–Crippen MR) is 101 cm³/mol. The van der Waals surface area contributed by atoms with Gasteiger partial charge in [-0.05, 0) is 37.4 Å². The maximum absolute atomic E-state index is 12.6.